The van der Waals surface area contributed by atoms with Crippen molar-refractivity contribution in [2.75, 3.05) is 26.3 Å². The Hall–Kier alpha value is -0.770. The molecule has 4 nitrogen and oxygen atoms in total. The first-order valence-corrected chi connectivity index (χ1v) is 4.92. The van der Waals surface area contributed by atoms with E-state index in [9.17, 15) is 0 Å². The zero-order valence-corrected chi connectivity index (χ0v) is 8.68. The average molecular weight is 187 g/mol. The fourth-order valence-corrected chi connectivity index (χ4v) is 0.823. The molecule has 0 heterocycles. The smallest absolute Gasteiger partial charge is 0.188 e. The first-order valence-electron chi connectivity index (χ1n) is 4.92. The second-order valence-electron chi connectivity index (χ2n) is 2.74. The van der Waals surface area contributed by atoms with E-state index in [2.05, 4.69) is 17.2 Å². The third-order valence-electron chi connectivity index (χ3n) is 1.48. The molecule has 0 amide bonds. The molecule has 0 fully saturated rings. The van der Waals surface area contributed by atoms with Crippen molar-refractivity contribution in [3.05, 3.63) is 0 Å². The third kappa shape index (κ3) is 9.14. The van der Waals surface area contributed by atoms with Crippen LogP contribution in [0.1, 0.15) is 26.7 Å². The summed E-state index contributed by atoms with van der Waals surface area (Å²) in [5.41, 5.74) is 5.57. The molecule has 0 aromatic rings. The molecule has 78 valence electrons. The van der Waals surface area contributed by atoms with Gasteiger partial charge in [-0.25, -0.2) is 0 Å². The van der Waals surface area contributed by atoms with E-state index in [0.717, 1.165) is 39.1 Å². The highest BCUT2D eigenvalue weighted by Crippen LogP contribution is 1.80. The van der Waals surface area contributed by atoms with Crippen LogP contribution in [0, 0.1) is 0 Å². The number of nitrogens with zero attached hydrogens (tertiary/aromatic N) is 1. The molecule has 3 N–H and O–H groups in total. The van der Waals surface area contributed by atoms with E-state index in [1.165, 1.54) is 0 Å². The number of hydrogen-bond donors (Lipinski definition) is 2. The van der Waals surface area contributed by atoms with Gasteiger partial charge in [-0.2, -0.15) is 0 Å². The van der Waals surface area contributed by atoms with Gasteiger partial charge in [0, 0.05) is 26.3 Å². The van der Waals surface area contributed by atoms with Gasteiger partial charge in [0.15, 0.2) is 5.96 Å². The molecule has 0 aliphatic carbocycles. The van der Waals surface area contributed by atoms with Crippen LogP contribution in [0.25, 0.3) is 0 Å². The summed E-state index contributed by atoms with van der Waals surface area (Å²) in [6, 6.07) is 0. The van der Waals surface area contributed by atoms with Gasteiger partial charge >= 0.3 is 0 Å². The summed E-state index contributed by atoms with van der Waals surface area (Å²) < 4.78 is 5.18. The molecule has 0 unspecified atom stereocenters. The minimum Gasteiger partial charge on any atom is -0.382 e. The second-order valence-corrected chi connectivity index (χ2v) is 2.74. The van der Waals surface area contributed by atoms with Gasteiger partial charge in [0.1, 0.15) is 0 Å². The Labute approximate surface area is 80.6 Å². The number of ether oxygens (including phenoxy) is 1. The topological polar surface area (TPSA) is 59.6 Å². The second kappa shape index (κ2) is 9.32. The molecule has 0 rings (SSSR count). The van der Waals surface area contributed by atoms with Gasteiger partial charge in [-0.3, -0.25) is 4.99 Å². The summed E-state index contributed by atoms with van der Waals surface area (Å²) in [7, 11) is 0. The third-order valence-corrected chi connectivity index (χ3v) is 1.48. The highest BCUT2D eigenvalue weighted by Gasteiger charge is 1.90. The molecule has 0 aliphatic rings. The van der Waals surface area contributed by atoms with Crippen molar-refractivity contribution in [3.63, 3.8) is 0 Å². The SMILES string of the molecule is CCCN=C(N)NCCCOCC. The number of aliphatic imine (C=N–C) groups is 1. The maximum Gasteiger partial charge on any atom is 0.188 e. The molecule has 0 aromatic heterocycles. The highest BCUT2D eigenvalue weighted by molar-refractivity contribution is 5.77. The van der Waals surface area contributed by atoms with E-state index in [0.29, 0.717) is 5.96 Å². The molecular formula is C9H21N3O. The van der Waals surface area contributed by atoms with Crippen LogP contribution in [-0.2, 0) is 4.74 Å². The first-order chi connectivity index (χ1) is 6.31. The lowest BCUT2D eigenvalue weighted by atomic mass is 10.4. The zero-order chi connectivity index (χ0) is 9.94. The molecule has 4 heteroatoms. The Morgan fingerprint density at radius 3 is 2.85 bits per heavy atom. The molecule has 0 aromatic carbocycles. The van der Waals surface area contributed by atoms with E-state index >= 15 is 0 Å². The van der Waals surface area contributed by atoms with Gasteiger partial charge in [0.2, 0.25) is 0 Å². The van der Waals surface area contributed by atoms with E-state index in [1.54, 1.807) is 0 Å². The summed E-state index contributed by atoms with van der Waals surface area (Å²) in [5.74, 6) is 0.540. The van der Waals surface area contributed by atoms with Crippen molar-refractivity contribution in [1.82, 2.24) is 5.32 Å². The first kappa shape index (κ1) is 12.2. The molecule has 0 atom stereocenters. The Morgan fingerprint density at radius 2 is 2.23 bits per heavy atom. The zero-order valence-electron chi connectivity index (χ0n) is 8.68. The minimum absolute atomic E-state index is 0.540. The average Bonchev–Trinajstić information content (AvgIpc) is 2.14. The van der Waals surface area contributed by atoms with Crippen LogP contribution in [0.3, 0.4) is 0 Å². The number of nitrogens with two attached hydrogens (primary N) is 1. The van der Waals surface area contributed by atoms with Crippen molar-refractivity contribution in [2.24, 2.45) is 10.7 Å². The summed E-state index contributed by atoms with van der Waals surface area (Å²) in [4.78, 5) is 4.10. The summed E-state index contributed by atoms with van der Waals surface area (Å²) in [6.45, 7) is 7.25. The largest absolute Gasteiger partial charge is 0.382 e. The number of hydrogen-bond acceptors (Lipinski definition) is 2. The molecule has 0 saturated heterocycles. The Morgan fingerprint density at radius 1 is 1.46 bits per heavy atom. The van der Waals surface area contributed by atoms with Gasteiger partial charge in [-0.05, 0) is 19.8 Å². The molecular weight excluding hydrogens is 166 g/mol. The van der Waals surface area contributed by atoms with Crippen molar-refractivity contribution in [3.8, 4) is 0 Å². The van der Waals surface area contributed by atoms with Crippen LogP contribution in [0.2, 0.25) is 0 Å². The quantitative estimate of drug-likeness (QED) is 0.351. The van der Waals surface area contributed by atoms with Crippen molar-refractivity contribution >= 4 is 5.96 Å². The van der Waals surface area contributed by atoms with Crippen LogP contribution >= 0.6 is 0 Å². The Kier molecular flexibility index (Phi) is 8.77. The molecule has 0 radical (unpaired) electrons. The maximum absolute atomic E-state index is 5.57. The van der Waals surface area contributed by atoms with Crippen LogP contribution < -0.4 is 11.1 Å². The van der Waals surface area contributed by atoms with Crippen molar-refractivity contribution in [1.29, 1.82) is 0 Å². The van der Waals surface area contributed by atoms with E-state index in [-0.39, 0.29) is 0 Å². The lowest BCUT2D eigenvalue weighted by molar-refractivity contribution is 0.145. The monoisotopic (exact) mass is 187 g/mol. The molecule has 0 saturated carbocycles. The van der Waals surface area contributed by atoms with Gasteiger partial charge in [0.05, 0.1) is 0 Å². The lowest BCUT2D eigenvalue weighted by Crippen LogP contribution is -2.33. The van der Waals surface area contributed by atoms with Gasteiger partial charge in [0.25, 0.3) is 0 Å². The van der Waals surface area contributed by atoms with Crippen LogP contribution in [-0.4, -0.2) is 32.3 Å². The normalized spacial score (nSPS) is 11.7. The molecule has 0 spiro atoms. The van der Waals surface area contributed by atoms with Crippen molar-refractivity contribution < 1.29 is 4.74 Å². The fraction of sp³-hybridized carbons (Fsp3) is 0.889. The van der Waals surface area contributed by atoms with Crippen molar-refractivity contribution in [2.45, 2.75) is 26.7 Å². The maximum atomic E-state index is 5.57. The summed E-state index contributed by atoms with van der Waals surface area (Å²) in [5, 5.41) is 3.02. The molecule has 0 bridgehead atoms. The van der Waals surface area contributed by atoms with Crippen LogP contribution in [0.4, 0.5) is 0 Å². The van der Waals surface area contributed by atoms with Gasteiger partial charge in [-0.15, -0.1) is 0 Å². The van der Waals surface area contributed by atoms with E-state index in [1.807, 2.05) is 6.92 Å². The minimum atomic E-state index is 0.540. The van der Waals surface area contributed by atoms with E-state index < -0.39 is 0 Å². The fourth-order valence-electron chi connectivity index (χ4n) is 0.823. The summed E-state index contributed by atoms with van der Waals surface area (Å²) in [6.07, 6.45) is 2.00. The standard InChI is InChI=1S/C9H21N3O/c1-3-6-11-9(10)12-7-5-8-13-4-2/h3-8H2,1-2H3,(H3,10,11,12). The predicted octanol–water partition coefficient (Wildman–Crippen LogP) is 0.727. The lowest BCUT2D eigenvalue weighted by Gasteiger charge is -2.04. The molecule has 13 heavy (non-hydrogen) atoms. The van der Waals surface area contributed by atoms with Gasteiger partial charge in [-0.1, -0.05) is 6.92 Å². The van der Waals surface area contributed by atoms with E-state index in [4.69, 9.17) is 10.5 Å². The molecule has 0 aliphatic heterocycles. The Balaban J connectivity index is 3.21. The number of guanidine groups is 1. The summed E-state index contributed by atoms with van der Waals surface area (Å²) >= 11 is 0. The highest BCUT2D eigenvalue weighted by atomic mass is 16.5. The predicted molar refractivity (Wildman–Crippen MR) is 55.9 cm³/mol. The van der Waals surface area contributed by atoms with Crippen LogP contribution in [0.5, 0.6) is 0 Å². The number of rotatable bonds is 7. The van der Waals surface area contributed by atoms with Crippen LogP contribution in [0.15, 0.2) is 4.99 Å². The van der Waals surface area contributed by atoms with Gasteiger partial charge < -0.3 is 15.8 Å². The Bertz CT molecular complexity index is 137. The number of nitrogens with one attached hydrogen (secondary N) is 1.